The molecule has 148 valence electrons. The van der Waals surface area contributed by atoms with Crippen molar-refractivity contribution in [3.63, 3.8) is 0 Å². The molecule has 27 heavy (non-hydrogen) atoms. The van der Waals surface area contributed by atoms with E-state index in [9.17, 15) is 8.42 Å². The second-order valence-corrected chi connectivity index (χ2v) is 9.06. The van der Waals surface area contributed by atoms with Crippen molar-refractivity contribution in [1.82, 2.24) is 5.32 Å². The Morgan fingerprint density at radius 2 is 1.85 bits per heavy atom. The van der Waals surface area contributed by atoms with E-state index in [0.717, 1.165) is 41.0 Å². The van der Waals surface area contributed by atoms with Gasteiger partial charge in [0, 0.05) is 29.7 Å². The minimum atomic E-state index is -3.69. The molecule has 1 aliphatic heterocycles. The lowest BCUT2D eigenvalue weighted by atomic mass is 10.2. The highest BCUT2D eigenvalue weighted by molar-refractivity contribution is 14.1. The van der Waals surface area contributed by atoms with Crippen molar-refractivity contribution in [2.75, 3.05) is 42.9 Å². The summed E-state index contributed by atoms with van der Waals surface area (Å²) in [6.45, 7) is 5.22. The Kier molecular flexibility index (Phi) is 7.61. The smallest absolute Gasteiger partial charge is 0.261 e. The van der Waals surface area contributed by atoms with Gasteiger partial charge in [-0.1, -0.05) is 6.07 Å². The third kappa shape index (κ3) is 5.18. The maximum Gasteiger partial charge on any atom is 0.261 e. The number of methoxy groups -OCH3 is 1. The number of piperazine rings is 1. The molecule has 1 fully saturated rings. The molecule has 0 atom stereocenters. The van der Waals surface area contributed by atoms with Gasteiger partial charge in [0.05, 0.1) is 23.4 Å². The number of ether oxygens (including phenoxy) is 1. The summed E-state index contributed by atoms with van der Waals surface area (Å²) in [5.74, 6) is 0.677. The van der Waals surface area contributed by atoms with Gasteiger partial charge in [-0.2, -0.15) is 0 Å². The lowest BCUT2D eigenvalue weighted by Crippen LogP contribution is -2.43. The molecule has 0 aliphatic carbocycles. The van der Waals surface area contributed by atoms with Crippen molar-refractivity contribution < 1.29 is 13.2 Å². The van der Waals surface area contributed by atoms with Crippen molar-refractivity contribution in [2.24, 2.45) is 0 Å². The number of aryl methyl sites for hydroxylation is 1. The number of hydrogen-bond acceptors (Lipinski definition) is 5. The van der Waals surface area contributed by atoms with Crippen LogP contribution in [0.5, 0.6) is 5.75 Å². The molecule has 0 amide bonds. The van der Waals surface area contributed by atoms with Gasteiger partial charge in [-0.3, -0.25) is 4.72 Å². The number of rotatable bonds is 5. The molecule has 3 rings (SSSR count). The van der Waals surface area contributed by atoms with Gasteiger partial charge in [0.25, 0.3) is 10.0 Å². The lowest BCUT2D eigenvalue weighted by molar-refractivity contribution is 0.412. The van der Waals surface area contributed by atoms with Crippen LogP contribution in [0.1, 0.15) is 5.56 Å². The zero-order chi connectivity index (χ0) is 18.7. The number of halogens is 2. The van der Waals surface area contributed by atoms with Gasteiger partial charge < -0.3 is 15.0 Å². The van der Waals surface area contributed by atoms with E-state index in [1.54, 1.807) is 25.3 Å². The summed E-state index contributed by atoms with van der Waals surface area (Å²) >= 11 is 2.17. The molecule has 0 unspecified atom stereocenters. The summed E-state index contributed by atoms with van der Waals surface area (Å²) in [4.78, 5) is 2.37. The van der Waals surface area contributed by atoms with E-state index >= 15 is 0 Å². The van der Waals surface area contributed by atoms with Gasteiger partial charge in [-0.05, 0) is 65.4 Å². The van der Waals surface area contributed by atoms with Crippen LogP contribution in [0.2, 0.25) is 0 Å². The van der Waals surface area contributed by atoms with E-state index in [-0.39, 0.29) is 17.3 Å². The quantitative estimate of drug-likeness (QED) is 0.589. The largest absolute Gasteiger partial charge is 0.495 e. The normalized spacial score (nSPS) is 14.4. The minimum Gasteiger partial charge on any atom is -0.495 e. The fraction of sp³-hybridized carbons (Fsp3) is 0.333. The van der Waals surface area contributed by atoms with Gasteiger partial charge in [0.15, 0.2) is 0 Å². The molecule has 1 saturated heterocycles. The van der Waals surface area contributed by atoms with Crippen LogP contribution in [0.25, 0.3) is 0 Å². The molecule has 1 heterocycles. The Morgan fingerprint density at radius 3 is 2.52 bits per heavy atom. The predicted molar refractivity (Wildman–Crippen MR) is 120 cm³/mol. The summed E-state index contributed by atoms with van der Waals surface area (Å²) < 4.78 is 35.0. The monoisotopic (exact) mass is 523 g/mol. The van der Waals surface area contributed by atoms with Crippen LogP contribution >= 0.6 is 35.0 Å². The van der Waals surface area contributed by atoms with Crippen LogP contribution in [0.3, 0.4) is 0 Å². The first-order valence-electron chi connectivity index (χ1n) is 8.33. The Hall–Kier alpha value is -1.23. The number of nitrogens with zero attached hydrogens (tertiary/aromatic N) is 1. The van der Waals surface area contributed by atoms with E-state index in [2.05, 4.69) is 37.5 Å². The third-order valence-electron chi connectivity index (χ3n) is 4.36. The molecule has 1 aliphatic rings. The fourth-order valence-corrected chi connectivity index (χ4v) is 4.53. The summed E-state index contributed by atoms with van der Waals surface area (Å²) in [7, 11) is -2.09. The molecule has 2 N–H and O–H groups in total. The Labute approximate surface area is 180 Å². The number of nitrogens with one attached hydrogen (secondary N) is 2. The molecule has 0 saturated carbocycles. The zero-order valence-electron chi connectivity index (χ0n) is 15.2. The molecule has 2 aromatic carbocycles. The molecule has 0 radical (unpaired) electrons. The van der Waals surface area contributed by atoms with Gasteiger partial charge in [0.2, 0.25) is 0 Å². The molecular formula is C18H23ClIN3O3S. The summed E-state index contributed by atoms with van der Waals surface area (Å²) in [6.07, 6.45) is 0. The van der Waals surface area contributed by atoms with E-state index in [0.29, 0.717) is 11.4 Å². The molecule has 0 aromatic heterocycles. The van der Waals surface area contributed by atoms with Gasteiger partial charge in [-0.15, -0.1) is 12.4 Å². The predicted octanol–water partition coefficient (Wildman–Crippen LogP) is 3.24. The van der Waals surface area contributed by atoms with Crippen molar-refractivity contribution >= 4 is 56.4 Å². The molecule has 0 bridgehead atoms. The highest BCUT2D eigenvalue weighted by Gasteiger charge is 2.21. The minimum absolute atomic E-state index is 0. The highest BCUT2D eigenvalue weighted by Crippen LogP contribution is 2.32. The maximum absolute atomic E-state index is 12.9. The first-order chi connectivity index (χ1) is 12.4. The standard InChI is InChI=1S/C18H22IN3O3S.ClH/c1-13-3-4-14(19)11-16(13)21-26(23,24)15-5-6-18(25-2)17(12-15)22-9-7-20-8-10-22;/h3-6,11-12,20-21H,7-10H2,1-2H3;1H. The maximum atomic E-state index is 12.9. The van der Waals surface area contributed by atoms with Crippen LogP contribution in [0, 0.1) is 10.5 Å². The topological polar surface area (TPSA) is 70.7 Å². The molecular weight excluding hydrogens is 501 g/mol. The van der Waals surface area contributed by atoms with Crippen LogP contribution in [-0.2, 0) is 10.0 Å². The zero-order valence-corrected chi connectivity index (χ0v) is 18.9. The second-order valence-electron chi connectivity index (χ2n) is 6.14. The van der Waals surface area contributed by atoms with Crippen LogP contribution < -0.4 is 19.7 Å². The summed E-state index contributed by atoms with van der Waals surface area (Å²) in [5.41, 5.74) is 2.28. The lowest BCUT2D eigenvalue weighted by Gasteiger charge is -2.30. The van der Waals surface area contributed by atoms with Gasteiger partial charge >= 0.3 is 0 Å². The highest BCUT2D eigenvalue weighted by atomic mass is 127. The van der Waals surface area contributed by atoms with Crippen LogP contribution in [-0.4, -0.2) is 41.7 Å². The fourth-order valence-electron chi connectivity index (χ4n) is 2.90. The van der Waals surface area contributed by atoms with Crippen molar-refractivity contribution in [2.45, 2.75) is 11.8 Å². The van der Waals surface area contributed by atoms with E-state index < -0.39 is 10.0 Å². The van der Waals surface area contributed by atoms with E-state index in [4.69, 9.17) is 4.74 Å². The number of hydrogen-bond donors (Lipinski definition) is 2. The molecule has 0 spiro atoms. The Bertz CT molecular complexity index is 903. The first-order valence-corrected chi connectivity index (χ1v) is 10.9. The number of anilines is 2. The average molecular weight is 524 g/mol. The van der Waals surface area contributed by atoms with Crippen LogP contribution in [0.4, 0.5) is 11.4 Å². The Balaban J connectivity index is 0.00000261. The summed E-state index contributed by atoms with van der Waals surface area (Å²) in [6, 6.07) is 10.7. The van der Waals surface area contributed by atoms with E-state index in [1.165, 1.54) is 0 Å². The van der Waals surface area contributed by atoms with Crippen LogP contribution in [0.15, 0.2) is 41.3 Å². The molecule has 2 aromatic rings. The number of benzene rings is 2. The van der Waals surface area contributed by atoms with Gasteiger partial charge in [-0.25, -0.2) is 8.42 Å². The molecule has 6 nitrogen and oxygen atoms in total. The second kappa shape index (κ2) is 9.31. The average Bonchev–Trinajstić information content (AvgIpc) is 2.64. The van der Waals surface area contributed by atoms with Crippen molar-refractivity contribution in [3.05, 3.63) is 45.5 Å². The Morgan fingerprint density at radius 1 is 1.15 bits per heavy atom. The SMILES string of the molecule is COc1ccc(S(=O)(=O)Nc2cc(I)ccc2C)cc1N1CCNCC1.Cl. The number of sulfonamides is 1. The van der Waals surface area contributed by atoms with Gasteiger partial charge in [0.1, 0.15) is 5.75 Å². The third-order valence-corrected chi connectivity index (χ3v) is 6.40. The first kappa shape index (κ1) is 22.1. The van der Waals surface area contributed by atoms with Crippen molar-refractivity contribution in [3.8, 4) is 5.75 Å². The summed E-state index contributed by atoms with van der Waals surface area (Å²) in [5, 5.41) is 3.30. The van der Waals surface area contributed by atoms with E-state index in [1.807, 2.05) is 25.1 Å². The molecule has 9 heteroatoms. The van der Waals surface area contributed by atoms with Crippen molar-refractivity contribution in [1.29, 1.82) is 0 Å².